The Balaban J connectivity index is 3.58. The van der Waals surface area contributed by atoms with Crippen LogP contribution in [0.1, 0.15) is 27.0 Å². The molecule has 0 aliphatic carbocycles. The van der Waals surface area contributed by atoms with Gasteiger partial charge in [0.15, 0.2) is 10.6 Å². The van der Waals surface area contributed by atoms with Gasteiger partial charge in [-0.3, -0.25) is 0 Å². The third-order valence-corrected chi connectivity index (χ3v) is 3.77. The number of halogens is 2. The van der Waals surface area contributed by atoms with Crippen LogP contribution in [0.3, 0.4) is 0 Å². The van der Waals surface area contributed by atoms with Gasteiger partial charge in [0, 0.05) is 6.92 Å². The van der Waals surface area contributed by atoms with Crippen LogP contribution in [0, 0.1) is 11.3 Å². The summed E-state index contributed by atoms with van der Waals surface area (Å²) in [5.74, 6) is -4.28. The first-order valence-corrected chi connectivity index (χ1v) is 6.78. The maximum absolute atomic E-state index is 13.6. The normalized spacial score (nSPS) is 11.5. The second-order valence-electron chi connectivity index (χ2n) is 4.07. The average molecular weight is 325 g/mol. The molecule has 0 saturated carbocycles. The van der Waals surface area contributed by atoms with E-state index in [9.17, 15) is 18.8 Å². The minimum atomic E-state index is -3.30. The lowest BCUT2D eigenvalue weighted by atomic mass is 10.1. The molecule has 0 spiro atoms. The fourth-order valence-corrected chi connectivity index (χ4v) is 2.56. The number of hydrogen-bond donors (Lipinski definition) is 0. The van der Waals surface area contributed by atoms with Gasteiger partial charge in [0.05, 0.1) is 12.0 Å². The molecule has 116 valence electrons. The van der Waals surface area contributed by atoms with Crippen molar-refractivity contribution in [3.63, 3.8) is 0 Å². The van der Waals surface area contributed by atoms with E-state index in [0.717, 1.165) is 7.11 Å². The molecule has 1 aromatic rings. The Morgan fingerprint density at radius 3 is 2.50 bits per heavy atom. The van der Waals surface area contributed by atoms with Gasteiger partial charge in [0.2, 0.25) is 0 Å². The van der Waals surface area contributed by atoms with E-state index in [1.54, 1.807) is 6.07 Å². The van der Waals surface area contributed by atoms with Crippen molar-refractivity contribution in [1.82, 2.24) is 0 Å². The van der Waals surface area contributed by atoms with E-state index in [1.165, 1.54) is 18.2 Å². The summed E-state index contributed by atoms with van der Waals surface area (Å²) in [6.45, 7) is 7.61. The molecule has 0 aromatic carbocycles. The van der Waals surface area contributed by atoms with E-state index in [4.69, 9.17) is 4.74 Å². The molecule has 7 heteroatoms. The van der Waals surface area contributed by atoms with Crippen LogP contribution < -0.4 is 4.74 Å². The van der Waals surface area contributed by atoms with Gasteiger partial charge in [0.25, 0.3) is 5.92 Å². The molecule has 0 fully saturated rings. The van der Waals surface area contributed by atoms with Crippen molar-refractivity contribution in [3.8, 4) is 11.8 Å². The first-order valence-electron chi connectivity index (χ1n) is 5.96. The number of esters is 1. The van der Waals surface area contributed by atoms with Crippen LogP contribution in [0.5, 0.6) is 5.75 Å². The van der Waals surface area contributed by atoms with Gasteiger partial charge in [-0.25, -0.2) is 13.6 Å². The van der Waals surface area contributed by atoms with Gasteiger partial charge in [-0.05, 0) is 12.2 Å². The zero-order valence-electron chi connectivity index (χ0n) is 12.0. The number of allylic oxidation sites excluding steroid dienone is 3. The molecule has 1 heterocycles. The first-order chi connectivity index (χ1) is 10.3. The van der Waals surface area contributed by atoms with E-state index in [-0.39, 0.29) is 16.4 Å². The van der Waals surface area contributed by atoms with Crippen LogP contribution in [0.4, 0.5) is 8.78 Å². The molecule has 1 aromatic heterocycles. The summed E-state index contributed by atoms with van der Waals surface area (Å²) in [5, 5.41) is 9.17. The summed E-state index contributed by atoms with van der Waals surface area (Å²) < 4.78 is 37.2. The molecular weight excluding hydrogens is 312 g/mol. The largest absolute Gasteiger partial charge is 0.465 e. The molecule has 0 atom stereocenters. The van der Waals surface area contributed by atoms with Crippen molar-refractivity contribution in [2.45, 2.75) is 12.8 Å². The fourth-order valence-electron chi connectivity index (χ4n) is 1.53. The predicted octanol–water partition coefficient (Wildman–Crippen LogP) is 4.15. The summed E-state index contributed by atoms with van der Waals surface area (Å²) in [5.41, 5.74) is -0.408. The van der Waals surface area contributed by atoms with Gasteiger partial charge in [0.1, 0.15) is 17.4 Å². The number of alkyl halides is 2. The Morgan fingerprint density at radius 1 is 1.45 bits per heavy atom. The monoisotopic (exact) mass is 325 g/mol. The van der Waals surface area contributed by atoms with Gasteiger partial charge in [-0.1, -0.05) is 19.2 Å². The molecule has 0 radical (unpaired) electrons. The Kier molecular flexibility index (Phi) is 5.60. The number of carbonyl (C=O) groups excluding carboxylic acids is 1. The van der Waals surface area contributed by atoms with Gasteiger partial charge in [-0.15, -0.1) is 11.3 Å². The summed E-state index contributed by atoms with van der Waals surface area (Å²) in [6, 6.07) is 1.65. The highest BCUT2D eigenvalue weighted by Gasteiger charge is 2.36. The highest BCUT2D eigenvalue weighted by Crippen LogP contribution is 2.44. The lowest BCUT2D eigenvalue weighted by Gasteiger charge is -2.09. The Bertz CT molecular complexity index is 678. The highest BCUT2D eigenvalue weighted by atomic mass is 32.1. The van der Waals surface area contributed by atoms with Crippen molar-refractivity contribution in [2.75, 3.05) is 7.11 Å². The van der Waals surface area contributed by atoms with Crippen LogP contribution >= 0.6 is 11.3 Å². The molecule has 0 N–H and O–H groups in total. The number of methoxy groups -OCH3 is 1. The van der Waals surface area contributed by atoms with Crippen molar-refractivity contribution in [2.24, 2.45) is 0 Å². The number of nitriles is 1. The summed E-state index contributed by atoms with van der Waals surface area (Å²) in [4.78, 5) is 11.0. The number of carbonyl (C=O) groups is 1. The zero-order chi connectivity index (χ0) is 16.9. The second kappa shape index (κ2) is 7.00. The standard InChI is InChI=1S/C15H13F2NO3S/c1-5-7-9(6-2)21-11-10(8-18)13(15(3,16)17)22-12(11)14(19)20-4/h5-7H,1-2H2,3-4H3/b9-7+. The van der Waals surface area contributed by atoms with Crippen LogP contribution in [-0.4, -0.2) is 13.1 Å². The van der Waals surface area contributed by atoms with E-state index >= 15 is 0 Å². The van der Waals surface area contributed by atoms with Crippen LogP contribution in [0.25, 0.3) is 0 Å². The minimum absolute atomic E-state index is 0.153. The van der Waals surface area contributed by atoms with Crippen LogP contribution in [-0.2, 0) is 10.7 Å². The molecule has 1 rings (SSSR count). The van der Waals surface area contributed by atoms with Crippen molar-refractivity contribution >= 4 is 17.3 Å². The summed E-state index contributed by atoms with van der Waals surface area (Å²) in [6.07, 6.45) is 4.10. The van der Waals surface area contributed by atoms with Crippen molar-refractivity contribution < 1.29 is 23.0 Å². The lowest BCUT2D eigenvalue weighted by Crippen LogP contribution is -2.06. The van der Waals surface area contributed by atoms with E-state index in [1.807, 2.05) is 0 Å². The number of nitrogens with zero attached hydrogens (tertiary/aromatic N) is 1. The van der Waals surface area contributed by atoms with Gasteiger partial charge in [-0.2, -0.15) is 5.26 Å². The molecule has 0 unspecified atom stereocenters. The van der Waals surface area contributed by atoms with Gasteiger partial charge < -0.3 is 9.47 Å². The van der Waals surface area contributed by atoms with Gasteiger partial charge >= 0.3 is 5.97 Å². The average Bonchev–Trinajstić information content (AvgIpc) is 2.84. The molecule has 0 saturated heterocycles. The quantitative estimate of drug-likeness (QED) is 0.448. The second-order valence-corrected chi connectivity index (χ2v) is 5.09. The molecule has 0 bridgehead atoms. The molecular formula is C15H13F2NO3S. The number of thiophene rings is 1. The number of ether oxygens (including phenoxy) is 2. The first kappa shape index (κ1) is 17.6. The maximum Gasteiger partial charge on any atom is 0.351 e. The zero-order valence-corrected chi connectivity index (χ0v) is 12.8. The Hall–Kier alpha value is -2.46. The number of hydrogen-bond acceptors (Lipinski definition) is 5. The maximum atomic E-state index is 13.6. The third kappa shape index (κ3) is 3.59. The Morgan fingerprint density at radius 2 is 2.09 bits per heavy atom. The fraction of sp³-hybridized carbons (Fsp3) is 0.200. The highest BCUT2D eigenvalue weighted by molar-refractivity contribution is 7.14. The summed E-state index contributed by atoms with van der Waals surface area (Å²) >= 11 is 0.462. The topological polar surface area (TPSA) is 59.3 Å². The molecule has 0 aliphatic heterocycles. The summed E-state index contributed by atoms with van der Waals surface area (Å²) in [7, 11) is 1.11. The minimum Gasteiger partial charge on any atom is -0.465 e. The third-order valence-electron chi connectivity index (χ3n) is 2.45. The molecule has 22 heavy (non-hydrogen) atoms. The van der Waals surface area contributed by atoms with E-state index in [0.29, 0.717) is 18.3 Å². The van der Waals surface area contributed by atoms with E-state index < -0.39 is 22.3 Å². The molecule has 4 nitrogen and oxygen atoms in total. The molecule has 0 amide bonds. The van der Waals surface area contributed by atoms with Crippen molar-refractivity contribution in [3.05, 3.63) is 52.5 Å². The van der Waals surface area contributed by atoms with Crippen molar-refractivity contribution in [1.29, 1.82) is 5.26 Å². The lowest BCUT2D eigenvalue weighted by molar-refractivity contribution is 0.0211. The van der Waals surface area contributed by atoms with E-state index in [2.05, 4.69) is 17.9 Å². The SMILES string of the molecule is C=C/C=C(\C=C)Oc1c(C(=O)OC)sc(C(C)(F)F)c1C#N. The molecule has 0 aliphatic rings. The van der Waals surface area contributed by atoms with Crippen LogP contribution in [0.2, 0.25) is 0 Å². The number of rotatable bonds is 6. The predicted molar refractivity (Wildman–Crippen MR) is 79.0 cm³/mol. The van der Waals surface area contributed by atoms with Crippen LogP contribution in [0.15, 0.2) is 37.1 Å². The Labute approximate surface area is 130 Å². The smallest absolute Gasteiger partial charge is 0.351 e.